The van der Waals surface area contributed by atoms with Gasteiger partial charge in [-0.3, -0.25) is 19.2 Å². The van der Waals surface area contributed by atoms with Crippen molar-refractivity contribution in [2.75, 3.05) is 11.1 Å². The van der Waals surface area contributed by atoms with Crippen molar-refractivity contribution >= 4 is 38.2 Å². The molecule has 10 heteroatoms. The second-order valence-electron chi connectivity index (χ2n) is 10.8. The number of anilines is 1. The van der Waals surface area contributed by atoms with Crippen LogP contribution in [0.25, 0.3) is 11.0 Å². The topological polar surface area (TPSA) is 133 Å². The first kappa shape index (κ1) is 27.8. The maximum absolute atomic E-state index is 13.9. The minimum absolute atomic E-state index is 0.1000. The first-order valence-corrected chi connectivity index (χ1v) is 15.1. The first-order chi connectivity index (χ1) is 19.0. The zero-order valence-corrected chi connectivity index (χ0v) is 23.6. The van der Waals surface area contributed by atoms with Gasteiger partial charge in [-0.05, 0) is 58.1 Å². The predicted octanol–water partition coefficient (Wildman–Crippen LogP) is 4.40. The smallest absolute Gasteiger partial charge is 0.270 e. The number of ketones is 2. The second-order valence-corrected chi connectivity index (χ2v) is 12.8. The number of carbonyl (C=O) groups excluding carboxylic acids is 2. The van der Waals surface area contributed by atoms with Crippen LogP contribution in [0.2, 0.25) is 0 Å². The minimum atomic E-state index is -4.01. The molecule has 2 aliphatic rings. The van der Waals surface area contributed by atoms with Crippen molar-refractivity contribution in [2.45, 2.75) is 65.2 Å². The van der Waals surface area contributed by atoms with Crippen LogP contribution in [0.15, 0.2) is 61.8 Å². The molecule has 1 aromatic carbocycles. The highest BCUT2D eigenvalue weighted by molar-refractivity contribution is 7.89. The summed E-state index contributed by atoms with van der Waals surface area (Å²) in [5.74, 6) is -0.525. The number of para-hydroxylation sites is 1. The largest absolute Gasteiger partial charge is 0.461 e. The Kier molecular flexibility index (Phi) is 7.39. The number of aryl methyl sites for hydroxylation is 1. The maximum atomic E-state index is 13.9. The number of nitrogens with zero attached hydrogens (tertiary/aromatic N) is 1. The van der Waals surface area contributed by atoms with Crippen LogP contribution in [0, 0.1) is 12.8 Å². The van der Waals surface area contributed by atoms with Crippen LogP contribution in [0.5, 0.6) is 0 Å². The molecule has 5 rings (SSSR count). The number of hydrogen-bond acceptors (Lipinski definition) is 8. The number of Topliss-reactive ketones (excluding diaryl/α,β-unsaturated/α-hetero) is 2. The van der Waals surface area contributed by atoms with Crippen LogP contribution in [0.4, 0.5) is 5.69 Å². The van der Waals surface area contributed by atoms with Gasteiger partial charge in [-0.2, -0.15) is 0 Å². The number of nitrogens with one attached hydrogen (secondary N) is 1. The number of benzene rings is 1. The van der Waals surface area contributed by atoms with Gasteiger partial charge in [0.2, 0.25) is 10.0 Å². The van der Waals surface area contributed by atoms with E-state index < -0.39 is 21.5 Å². The molecule has 0 spiro atoms. The molecule has 2 unspecified atom stereocenters. The zero-order valence-electron chi connectivity index (χ0n) is 22.8. The standard InChI is InChI=1S/C30H32N2O7S/c1-17-15-25(35)22-8-6-9-23(29(22)39-17)27-26(19(3)33)18(2)31-24-12-13-32(30(36)28(24)27)40(37,38)14-5-4-7-20-10-11-21(34)16-20/h6,8-9,12-13,15,20,27,31H,4-5,7,10-11,14,16H2,1-3H3. The van der Waals surface area contributed by atoms with Gasteiger partial charge in [0.15, 0.2) is 11.2 Å². The number of fused-ring (bicyclic) bond motifs is 2. The lowest BCUT2D eigenvalue weighted by atomic mass is 9.79. The number of unbranched alkanes of at least 4 members (excludes halogenated alkanes) is 1. The number of aromatic nitrogens is 1. The summed E-state index contributed by atoms with van der Waals surface area (Å²) < 4.78 is 33.4. The number of hydrogen-bond donors (Lipinski definition) is 1. The molecule has 1 aliphatic heterocycles. The summed E-state index contributed by atoms with van der Waals surface area (Å²) in [4.78, 5) is 51.1. The Morgan fingerprint density at radius 3 is 2.60 bits per heavy atom. The molecule has 2 atom stereocenters. The van der Waals surface area contributed by atoms with Crippen LogP contribution >= 0.6 is 0 Å². The highest BCUT2D eigenvalue weighted by atomic mass is 32.2. The Morgan fingerprint density at radius 2 is 1.90 bits per heavy atom. The lowest BCUT2D eigenvalue weighted by molar-refractivity contribution is -0.117. The highest BCUT2D eigenvalue weighted by Gasteiger charge is 2.36. The van der Waals surface area contributed by atoms with E-state index in [1.165, 1.54) is 25.3 Å². The van der Waals surface area contributed by atoms with E-state index in [2.05, 4.69) is 5.32 Å². The molecule has 0 amide bonds. The van der Waals surface area contributed by atoms with Crippen LogP contribution in [-0.2, 0) is 19.6 Å². The number of allylic oxidation sites excluding steroid dienone is 2. The van der Waals surface area contributed by atoms with E-state index in [0.29, 0.717) is 65.3 Å². The monoisotopic (exact) mass is 564 g/mol. The molecule has 210 valence electrons. The van der Waals surface area contributed by atoms with Crippen molar-refractivity contribution in [3.8, 4) is 0 Å². The Bertz CT molecular complexity index is 1800. The van der Waals surface area contributed by atoms with Crippen molar-refractivity contribution in [1.29, 1.82) is 0 Å². The summed E-state index contributed by atoms with van der Waals surface area (Å²) in [6, 6.07) is 7.87. The Hall–Kier alpha value is -3.79. The predicted molar refractivity (Wildman–Crippen MR) is 152 cm³/mol. The maximum Gasteiger partial charge on any atom is 0.270 e. The fourth-order valence-corrected chi connectivity index (χ4v) is 7.41. The first-order valence-electron chi connectivity index (χ1n) is 13.5. The second kappa shape index (κ2) is 10.6. The average Bonchev–Trinajstić information content (AvgIpc) is 3.30. The fourth-order valence-electron chi connectivity index (χ4n) is 6.05. The summed E-state index contributed by atoms with van der Waals surface area (Å²) >= 11 is 0. The number of pyridine rings is 1. The number of carbonyl (C=O) groups is 2. The van der Waals surface area contributed by atoms with E-state index in [4.69, 9.17) is 4.42 Å². The Labute approximate surface area is 231 Å². The summed E-state index contributed by atoms with van der Waals surface area (Å²) in [6.45, 7) is 4.76. The molecule has 1 saturated carbocycles. The third kappa shape index (κ3) is 5.08. The van der Waals surface area contributed by atoms with E-state index in [1.807, 2.05) is 0 Å². The molecule has 2 aromatic heterocycles. The van der Waals surface area contributed by atoms with Gasteiger partial charge >= 0.3 is 0 Å². The summed E-state index contributed by atoms with van der Waals surface area (Å²) in [5, 5.41) is 3.40. The molecular formula is C30H32N2O7S. The zero-order chi connectivity index (χ0) is 28.8. The van der Waals surface area contributed by atoms with Gasteiger partial charge in [-0.1, -0.05) is 18.6 Å². The van der Waals surface area contributed by atoms with Gasteiger partial charge in [0.25, 0.3) is 5.56 Å². The molecule has 0 saturated heterocycles. The van der Waals surface area contributed by atoms with Gasteiger partial charge in [0.1, 0.15) is 17.1 Å². The molecule has 3 heterocycles. The van der Waals surface area contributed by atoms with E-state index in [1.54, 1.807) is 32.0 Å². The molecule has 3 aromatic rings. The van der Waals surface area contributed by atoms with Crippen molar-refractivity contribution < 1.29 is 22.4 Å². The Morgan fingerprint density at radius 1 is 1.12 bits per heavy atom. The fraction of sp³-hybridized carbons (Fsp3) is 0.400. The highest BCUT2D eigenvalue weighted by Crippen LogP contribution is 2.42. The molecule has 1 N–H and O–H groups in total. The van der Waals surface area contributed by atoms with E-state index in [-0.39, 0.29) is 33.9 Å². The van der Waals surface area contributed by atoms with Crippen LogP contribution in [0.3, 0.4) is 0 Å². The van der Waals surface area contributed by atoms with Crippen molar-refractivity contribution in [3.05, 3.63) is 85.3 Å². The molecule has 1 fully saturated rings. The summed E-state index contributed by atoms with van der Waals surface area (Å²) in [7, 11) is -4.01. The van der Waals surface area contributed by atoms with Gasteiger partial charge in [0, 0.05) is 47.6 Å². The molecule has 9 nitrogen and oxygen atoms in total. The Balaban J connectivity index is 1.57. The van der Waals surface area contributed by atoms with E-state index >= 15 is 0 Å². The van der Waals surface area contributed by atoms with Crippen molar-refractivity contribution in [3.63, 3.8) is 0 Å². The quantitative estimate of drug-likeness (QED) is 0.398. The van der Waals surface area contributed by atoms with Gasteiger partial charge in [0.05, 0.1) is 22.6 Å². The van der Waals surface area contributed by atoms with Crippen molar-refractivity contribution in [1.82, 2.24) is 3.97 Å². The lowest BCUT2D eigenvalue weighted by Crippen LogP contribution is -2.36. The molecule has 1 aliphatic carbocycles. The molecular weight excluding hydrogens is 532 g/mol. The van der Waals surface area contributed by atoms with Crippen molar-refractivity contribution in [2.24, 2.45) is 5.92 Å². The SMILES string of the molecule is CC(=O)C1=C(C)Nc2ccn(S(=O)(=O)CCCCC3CCC(=O)C3)c(=O)c2C1c1cccc2c(=O)cc(C)oc12. The lowest BCUT2D eigenvalue weighted by Gasteiger charge is -2.30. The third-order valence-corrected chi connectivity index (χ3v) is 9.60. The third-order valence-electron chi connectivity index (χ3n) is 7.91. The van der Waals surface area contributed by atoms with Crippen LogP contribution < -0.4 is 16.3 Å². The van der Waals surface area contributed by atoms with E-state index in [0.717, 1.165) is 16.8 Å². The molecule has 0 bridgehead atoms. The van der Waals surface area contributed by atoms with Crippen LogP contribution in [0.1, 0.15) is 75.2 Å². The minimum Gasteiger partial charge on any atom is -0.461 e. The summed E-state index contributed by atoms with van der Waals surface area (Å²) in [6.07, 6.45) is 5.04. The average molecular weight is 565 g/mol. The van der Waals surface area contributed by atoms with Crippen LogP contribution in [-0.4, -0.2) is 29.7 Å². The van der Waals surface area contributed by atoms with Gasteiger partial charge in [-0.15, -0.1) is 0 Å². The van der Waals surface area contributed by atoms with E-state index in [9.17, 15) is 27.6 Å². The normalized spacial score (nSPS) is 19.1. The summed E-state index contributed by atoms with van der Waals surface area (Å²) in [5.41, 5.74) is 0.989. The molecule has 40 heavy (non-hydrogen) atoms. The van der Waals surface area contributed by atoms with Gasteiger partial charge < -0.3 is 9.73 Å². The van der Waals surface area contributed by atoms with Gasteiger partial charge in [-0.25, -0.2) is 12.4 Å². The molecule has 0 radical (unpaired) electrons. The number of rotatable bonds is 8.